The number of pyridine rings is 1. The van der Waals surface area contributed by atoms with Gasteiger partial charge in [-0.2, -0.15) is 5.26 Å². The highest BCUT2D eigenvalue weighted by atomic mass is 35.5. The third kappa shape index (κ3) is 1.56. The molecule has 0 aromatic carbocycles. The second-order valence-corrected chi connectivity index (χ2v) is 2.48. The fourth-order valence-electron chi connectivity index (χ4n) is 0.764. The van der Waals surface area contributed by atoms with Crippen molar-refractivity contribution in [3.8, 4) is 6.07 Å². The van der Waals surface area contributed by atoms with Crippen LogP contribution in [0.15, 0.2) is 12.4 Å². The molecule has 0 saturated heterocycles. The predicted octanol–water partition coefficient (Wildman–Crippen LogP) is -0.714. The van der Waals surface area contributed by atoms with Crippen molar-refractivity contribution >= 4 is 24.2 Å². The summed E-state index contributed by atoms with van der Waals surface area (Å²) in [5.74, 6) is 0. The van der Waals surface area contributed by atoms with Crippen LogP contribution in [0.5, 0.6) is 0 Å². The van der Waals surface area contributed by atoms with Crippen LogP contribution in [-0.4, -0.2) is 22.2 Å². The molecule has 0 spiro atoms. The zero-order valence-electron chi connectivity index (χ0n) is 5.90. The van der Waals surface area contributed by atoms with Crippen LogP contribution in [-0.2, 0) is 0 Å². The van der Waals surface area contributed by atoms with Crippen molar-refractivity contribution in [1.29, 1.82) is 5.26 Å². The number of nitriles is 1. The minimum atomic E-state index is -1.72. The minimum absolute atomic E-state index is 0.0185. The van der Waals surface area contributed by atoms with Crippen LogP contribution >= 0.6 is 11.6 Å². The molecule has 0 amide bonds. The molecule has 0 atom stereocenters. The van der Waals surface area contributed by atoms with Gasteiger partial charge in [0.05, 0.1) is 10.6 Å². The van der Waals surface area contributed by atoms with Gasteiger partial charge in [-0.1, -0.05) is 11.6 Å². The van der Waals surface area contributed by atoms with Gasteiger partial charge in [-0.3, -0.25) is 4.98 Å². The molecule has 0 radical (unpaired) electrons. The van der Waals surface area contributed by atoms with Crippen molar-refractivity contribution in [3.05, 3.63) is 23.0 Å². The summed E-state index contributed by atoms with van der Waals surface area (Å²) in [7, 11) is -1.72. The Bertz CT molecular complexity index is 337. The fraction of sp³-hybridized carbons (Fsp3) is 0. The second kappa shape index (κ2) is 3.54. The zero-order chi connectivity index (χ0) is 9.14. The topological polar surface area (TPSA) is 77.1 Å². The van der Waals surface area contributed by atoms with E-state index in [0.29, 0.717) is 0 Å². The number of nitrogens with zero attached hydrogens (tertiary/aromatic N) is 2. The molecule has 0 saturated carbocycles. The van der Waals surface area contributed by atoms with Crippen LogP contribution < -0.4 is 5.46 Å². The van der Waals surface area contributed by atoms with E-state index in [-0.39, 0.29) is 16.0 Å². The molecular weight excluding hydrogens is 178 g/mol. The predicted molar refractivity (Wildman–Crippen MR) is 43.8 cm³/mol. The van der Waals surface area contributed by atoms with Gasteiger partial charge >= 0.3 is 7.12 Å². The molecule has 0 fully saturated rings. The van der Waals surface area contributed by atoms with E-state index in [1.165, 1.54) is 12.4 Å². The van der Waals surface area contributed by atoms with Crippen molar-refractivity contribution in [3.63, 3.8) is 0 Å². The van der Waals surface area contributed by atoms with E-state index in [1.54, 1.807) is 6.07 Å². The smallest absolute Gasteiger partial charge is 0.423 e. The standard InChI is InChI=1S/C6H4BClN2O2/c8-6-3-10-2-5(7(11)12)4(6)1-9/h2-3,11-12H. The van der Waals surface area contributed by atoms with Gasteiger partial charge in [0.1, 0.15) is 6.07 Å². The lowest BCUT2D eigenvalue weighted by Gasteiger charge is -2.01. The van der Waals surface area contributed by atoms with Gasteiger partial charge in [0.25, 0.3) is 0 Å². The van der Waals surface area contributed by atoms with Gasteiger partial charge in [-0.15, -0.1) is 0 Å². The lowest BCUT2D eigenvalue weighted by Crippen LogP contribution is -2.32. The first-order valence-corrected chi connectivity index (χ1v) is 3.44. The highest BCUT2D eigenvalue weighted by Gasteiger charge is 2.18. The Labute approximate surface area is 74.2 Å². The Morgan fingerprint density at radius 2 is 2.17 bits per heavy atom. The molecule has 0 unspecified atom stereocenters. The molecular formula is C6H4BClN2O2. The fourth-order valence-corrected chi connectivity index (χ4v) is 0.971. The van der Waals surface area contributed by atoms with Crippen LogP contribution in [0, 0.1) is 11.3 Å². The van der Waals surface area contributed by atoms with Gasteiger partial charge in [-0.25, -0.2) is 0 Å². The molecule has 1 rings (SSSR count). The molecule has 6 heteroatoms. The molecule has 0 aliphatic carbocycles. The maximum atomic E-state index is 8.77. The van der Waals surface area contributed by atoms with E-state index in [9.17, 15) is 0 Å². The second-order valence-electron chi connectivity index (χ2n) is 2.07. The first-order chi connectivity index (χ1) is 5.66. The number of rotatable bonds is 1. The molecule has 1 aromatic heterocycles. The molecule has 0 aliphatic heterocycles. The number of hydrogen-bond donors (Lipinski definition) is 2. The monoisotopic (exact) mass is 182 g/mol. The van der Waals surface area contributed by atoms with Gasteiger partial charge < -0.3 is 10.0 Å². The summed E-state index contributed by atoms with van der Waals surface area (Å²) < 4.78 is 0. The molecule has 1 heterocycles. The number of aromatic nitrogens is 1. The quantitative estimate of drug-likeness (QED) is 0.562. The van der Waals surface area contributed by atoms with E-state index in [0.717, 1.165) is 0 Å². The summed E-state index contributed by atoms with van der Waals surface area (Å²) in [4.78, 5) is 3.61. The molecule has 1 aromatic rings. The third-order valence-electron chi connectivity index (χ3n) is 1.32. The van der Waals surface area contributed by atoms with Gasteiger partial charge in [0.15, 0.2) is 0 Å². The average molecular weight is 182 g/mol. The normalized spacial score (nSPS) is 9.17. The molecule has 2 N–H and O–H groups in total. The Morgan fingerprint density at radius 3 is 2.58 bits per heavy atom. The van der Waals surface area contributed by atoms with Crippen molar-refractivity contribution < 1.29 is 10.0 Å². The van der Waals surface area contributed by atoms with Crippen molar-refractivity contribution in [2.45, 2.75) is 0 Å². The molecule has 0 bridgehead atoms. The van der Waals surface area contributed by atoms with Crippen LogP contribution in [0.1, 0.15) is 5.56 Å². The van der Waals surface area contributed by atoms with Crippen LogP contribution in [0.25, 0.3) is 0 Å². The molecule has 4 nitrogen and oxygen atoms in total. The summed E-state index contributed by atoms with van der Waals surface area (Å²) >= 11 is 5.57. The Kier molecular flexibility index (Phi) is 2.66. The highest BCUT2D eigenvalue weighted by molar-refractivity contribution is 6.59. The largest absolute Gasteiger partial charge is 0.491 e. The first kappa shape index (κ1) is 9.01. The van der Waals surface area contributed by atoms with Gasteiger partial charge in [0, 0.05) is 17.9 Å². The van der Waals surface area contributed by atoms with Crippen LogP contribution in [0.2, 0.25) is 5.02 Å². The summed E-state index contributed by atoms with van der Waals surface area (Å²) in [6.45, 7) is 0. The summed E-state index contributed by atoms with van der Waals surface area (Å²) in [6, 6.07) is 1.75. The maximum Gasteiger partial charge on any atom is 0.491 e. The molecule has 0 aliphatic rings. The maximum absolute atomic E-state index is 8.77. The lowest BCUT2D eigenvalue weighted by atomic mass is 9.78. The van der Waals surface area contributed by atoms with E-state index < -0.39 is 7.12 Å². The van der Waals surface area contributed by atoms with E-state index in [4.69, 9.17) is 26.9 Å². The Balaban J connectivity index is 3.30. The van der Waals surface area contributed by atoms with Crippen LogP contribution in [0.4, 0.5) is 0 Å². The van der Waals surface area contributed by atoms with Crippen molar-refractivity contribution in [2.24, 2.45) is 0 Å². The van der Waals surface area contributed by atoms with E-state index in [1.807, 2.05) is 0 Å². The van der Waals surface area contributed by atoms with Gasteiger partial charge in [0.2, 0.25) is 0 Å². The summed E-state index contributed by atoms with van der Waals surface area (Å²) in [5, 5.41) is 26.2. The van der Waals surface area contributed by atoms with E-state index >= 15 is 0 Å². The molecule has 60 valence electrons. The average Bonchev–Trinajstić information content (AvgIpc) is 2.03. The lowest BCUT2D eigenvalue weighted by molar-refractivity contribution is 0.425. The van der Waals surface area contributed by atoms with Gasteiger partial charge in [-0.05, 0) is 0 Å². The Hall–Kier alpha value is -1.09. The highest BCUT2D eigenvalue weighted by Crippen LogP contribution is 2.09. The van der Waals surface area contributed by atoms with Crippen molar-refractivity contribution in [1.82, 2.24) is 4.98 Å². The number of halogens is 1. The SMILES string of the molecule is N#Cc1c(Cl)cncc1B(O)O. The Morgan fingerprint density at radius 1 is 1.50 bits per heavy atom. The van der Waals surface area contributed by atoms with Crippen LogP contribution in [0.3, 0.4) is 0 Å². The van der Waals surface area contributed by atoms with Crippen molar-refractivity contribution in [2.75, 3.05) is 0 Å². The minimum Gasteiger partial charge on any atom is -0.423 e. The summed E-state index contributed by atoms with van der Waals surface area (Å²) in [6.07, 6.45) is 2.46. The zero-order valence-corrected chi connectivity index (χ0v) is 6.65. The van der Waals surface area contributed by atoms with E-state index in [2.05, 4.69) is 4.98 Å². The summed E-state index contributed by atoms with van der Waals surface area (Å²) in [5.41, 5.74) is 0.0617. The molecule has 12 heavy (non-hydrogen) atoms. The number of hydrogen-bond acceptors (Lipinski definition) is 4. The third-order valence-corrected chi connectivity index (χ3v) is 1.61. The first-order valence-electron chi connectivity index (χ1n) is 3.06.